The van der Waals surface area contributed by atoms with Crippen molar-refractivity contribution in [1.82, 2.24) is 0 Å². The Balaban J connectivity index is 1.80. The fourth-order valence-electron chi connectivity index (χ4n) is 2.01. The monoisotopic (exact) mass is 251 g/mol. The number of benzene rings is 1. The lowest BCUT2D eigenvalue weighted by atomic mass is 10.1. The second-order valence-electron chi connectivity index (χ2n) is 4.49. The van der Waals surface area contributed by atoms with Crippen LogP contribution in [0.3, 0.4) is 0 Å². The number of nitrogens with two attached hydrogens (primary N) is 1. The largest absolute Gasteiger partial charge is 0.490 e. The number of thioether (sulfide) groups is 1. The second kappa shape index (κ2) is 6.92. The predicted octanol–water partition coefficient (Wildman–Crippen LogP) is 2.85. The zero-order valence-electron chi connectivity index (χ0n) is 10.2. The van der Waals surface area contributed by atoms with Crippen molar-refractivity contribution in [3.8, 4) is 5.75 Å². The fourth-order valence-corrected chi connectivity index (χ4v) is 3.10. The van der Waals surface area contributed by atoms with Crippen LogP contribution in [-0.4, -0.2) is 24.2 Å². The molecule has 2 nitrogen and oxygen atoms in total. The van der Waals surface area contributed by atoms with Gasteiger partial charge in [-0.1, -0.05) is 12.1 Å². The summed E-state index contributed by atoms with van der Waals surface area (Å²) in [6.07, 6.45) is 5.01. The summed E-state index contributed by atoms with van der Waals surface area (Å²) in [7, 11) is 0. The number of hydrogen-bond acceptors (Lipinski definition) is 3. The zero-order valence-corrected chi connectivity index (χ0v) is 11.0. The van der Waals surface area contributed by atoms with Gasteiger partial charge in [-0.2, -0.15) is 11.8 Å². The van der Waals surface area contributed by atoms with Crippen molar-refractivity contribution in [3.63, 3.8) is 0 Å². The summed E-state index contributed by atoms with van der Waals surface area (Å²) in [6, 6.07) is 8.55. The number of hydrogen-bond donors (Lipinski definition) is 1. The van der Waals surface area contributed by atoms with Crippen LogP contribution in [0.5, 0.6) is 5.75 Å². The summed E-state index contributed by atoms with van der Waals surface area (Å²) >= 11 is 1.98. The topological polar surface area (TPSA) is 35.2 Å². The van der Waals surface area contributed by atoms with E-state index in [9.17, 15) is 0 Å². The molecule has 0 aliphatic carbocycles. The van der Waals surface area contributed by atoms with Gasteiger partial charge in [-0.3, -0.25) is 0 Å². The molecular weight excluding hydrogens is 230 g/mol. The van der Waals surface area contributed by atoms with Crippen LogP contribution in [0.1, 0.15) is 24.8 Å². The molecule has 0 amide bonds. The van der Waals surface area contributed by atoms with Gasteiger partial charge in [-0.05, 0) is 55.7 Å². The molecule has 17 heavy (non-hydrogen) atoms. The number of ether oxygens (including phenoxy) is 1. The SMILES string of the molecule is NCCCCc1ccc(OC2CCSC2)cc1. The highest BCUT2D eigenvalue weighted by Crippen LogP contribution is 2.23. The molecule has 0 aromatic heterocycles. The summed E-state index contributed by atoms with van der Waals surface area (Å²) in [4.78, 5) is 0. The molecule has 0 spiro atoms. The standard InChI is InChI=1S/C14H21NOS/c15-9-2-1-3-12-4-6-13(7-5-12)16-14-8-10-17-11-14/h4-7,14H,1-3,8-11,15H2. The van der Waals surface area contributed by atoms with Gasteiger partial charge in [0.2, 0.25) is 0 Å². The van der Waals surface area contributed by atoms with Crippen LogP contribution in [0.15, 0.2) is 24.3 Å². The van der Waals surface area contributed by atoms with Crippen LogP contribution >= 0.6 is 11.8 Å². The van der Waals surface area contributed by atoms with Crippen molar-refractivity contribution >= 4 is 11.8 Å². The summed E-state index contributed by atoms with van der Waals surface area (Å²) in [6.45, 7) is 0.792. The quantitative estimate of drug-likeness (QED) is 0.790. The molecule has 0 radical (unpaired) electrons. The molecule has 1 fully saturated rings. The van der Waals surface area contributed by atoms with E-state index >= 15 is 0 Å². The third-order valence-corrected chi connectivity index (χ3v) is 4.17. The maximum atomic E-state index is 5.92. The van der Waals surface area contributed by atoms with Gasteiger partial charge in [0.05, 0.1) is 0 Å². The molecular formula is C14H21NOS. The summed E-state index contributed by atoms with van der Waals surface area (Å²) < 4.78 is 5.92. The molecule has 3 heteroatoms. The molecule has 1 aliphatic rings. The lowest BCUT2D eigenvalue weighted by molar-refractivity contribution is 0.229. The molecule has 2 N–H and O–H groups in total. The summed E-state index contributed by atoms with van der Waals surface area (Å²) in [5, 5.41) is 0. The second-order valence-corrected chi connectivity index (χ2v) is 5.64. The molecule has 0 bridgehead atoms. The van der Waals surface area contributed by atoms with Gasteiger partial charge < -0.3 is 10.5 Å². The highest BCUT2D eigenvalue weighted by atomic mass is 32.2. The maximum Gasteiger partial charge on any atom is 0.119 e. The molecule has 1 aromatic carbocycles. The fraction of sp³-hybridized carbons (Fsp3) is 0.571. The van der Waals surface area contributed by atoms with E-state index < -0.39 is 0 Å². The average Bonchev–Trinajstić information content (AvgIpc) is 2.85. The predicted molar refractivity (Wildman–Crippen MR) is 74.8 cm³/mol. The highest BCUT2D eigenvalue weighted by Gasteiger charge is 2.16. The van der Waals surface area contributed by atoms with E-state index in [-0.39, 0.29) is 0 Å². The zero-order chi connectivity index (χ0) is 11.9. The van der Waals surface area contributed by atoms with Crippen LogP contribution in [0.4, 0.5) is 0 Å². The highest BCUT2D eigenvalue weighted by molar-refractivity contribution is 7.99. The smallest absolute Gasteiger partial charge is 0.119 e. The van der Waals surface area contributed by atoms with Crippen LogP contribution in [0.25, 0.3) is 0 Å². The van der Waals surface area contributed by atoms with Crippen molar-refractivity contribution in [3.05, 3.63) is 29.8 Å². The van der Waals surface area contributed by atoms with E-state index in [1.165, 1.54) is 24.2 Å². The van der Waals surface area contributed by atoms with Crippen LogP contribution in [-0.2, 0) is 6.42 Å². The minimum Gasteiger partial charge on any atom is -0.490 e. The van der Waals surface area contributed by atoms with Crippen LogP contribution < -0.4 is 10.5 Å². The number of aryl methyl sites for hydroxylation is 1. The van der Waals surface area contributed by atoms with Crippen molar-refractivity contribution in [2.45, 2.75) is 31.8 Å². The molecule has 1 aromatic rings. The Morgan fingerprint density at radius 1 is 1.24 bits per heavy atom. The van der Waals surface area contributed by atoms with E-state index in [0.29, 0.717) is 6.10 Å². The van der Waals surface area contributed by atoms with Crippen LogP contribution in [0, 0.1) is 0 Å². The number of rotatable bonds is 6. The molecule has 1 saturated heterocycles. The van der Waals surface area contributed by atoms with E-state index in [1.807, 2.05) is 11.8 Å². The van der Waals surface area contributed by atoms with E-state index in [0.717, 1.165) is 30.9 Å². The van der Waals surface area contributed by atoms with Gasteiger partial charge in [0.25, 0.3) is 0 Å². The first-order valence-corrected chi connectivity index (χ1v) is 7.57. The van der Waals surface area contributed by atoms with Crippen LogP contribution in [0.2, 0.25) is 0 Å². The third kappa shape index (κ3) is 4.25. The van der Waals surface area contributed by atoms with Gasteiger partial charge in [-0.25, -0.2) is 0 Å². The van der Waals surface area contributed by atoms with Gasteiger partial charge in [0, 0.05) is 5.75 Å². The van der Waals surface area contributed by atoms with Gasteiger partial charge >= 0.3 is 0 Å². The Labute approximate surface area is 108 Å². The summed E-state index contributed by atoms with van der Waals surface area (Å²) in [5.74, 6) is 3.39. The Morgan fingerprint density at radius 3 is 2.71 bits per heavy atom. The van der Waals surface area contributed by atoms with Gasteiger partial charge in [-0.15, -0.1) is 0 Å². The lowest BCUT2D eigenvalue weighted by Crippen LogP contribution is -2.14. The van der Waals surface area contributed by atoms with E-state index in [4.69, 9.17) is 10.5 Å². The summed E-state index contributed by atoms with van der Waals surface area (Å²) in [5.41, 5.74) is 6.87. The van der Waals surface area contributed by atoms with E-state index in [2.05, 4.69) is 24.3 Å². The lowest BCUT2D eigenvalue weighted by Gasteiger charge is -2.12. The Bertz CT molecular complexity index is 319. The maximum absolute atomic E-state index is 5.92. The van der Waals surface area contributed by atoms with Crippen molar-refractivity contribution in [1.29, 1.82) is 0 Å². The van der Waals surface area contributed by atoms with Gasteiger partial charge in [0.1, 0.15) is 11.9 Å². The van der Waals surface area contributed by atoms with E-state index in [1.54, 1.807) is 0 Å². The Kier molecular flexibility index (Phi) is 5.20. The molecule has 1 unspecified atom stereocenters. The molecule has 2 rings (SSSR count). The Morgan fingerprint density at radius 2 is 2.06 bits per heavy atom. The van der Waals surface area contributed by atoms with Crippen molar-refractivity contribution in [2.24, 2.45) is 5.73 Å². The minimum absolute atomic E-state index is 0.420. The van der Waals surface area contributed by atoms with Crippen molar-refractivity contribution in [2.75, 3.05) is 18.1 Å². The van der Waals surface area contributed by atoms with Crippen molar-refractivity contribution < 1.29 is 4.74 Å². The first kappa shape index (κ1) is 12.8. The minimum atomic E-state index is 0.420. The average molecular weight is 251 g/mol. The third-order valence-electron chi connectivity index (χ3n) is 3.03. The van der Waals surface area contributed by atoms with Gasteiger partial charge in [0.15, 0.2) is 0 Å². The molecule has 1 atom stereocenters. The Hall–Kier alpha value is -0.670. The molecule has 94 valence electrons. The number of unbranched alkanes of at least 4 members (excludes halogenated alkanes) is 1. The first-order chi connectivity index (χ1) is 8.38. The molecule has 0 saturated carbocycles. The normalized spacial score (nSPS) is 19.5. The molecule has 1 aliphatic heterocycles. The molecule has 1 heterocycles. The first-order valence-electron chi connectivity index (χ1n) is 6.42.